The molecule has 0 amide bonds. The number of furan rings is 1. The lowest BCUT2D eigenvalue weighted by Gasteiger charge is -2.08. The van der Waals surface area contributed by atoms with Crippen LogP contribution in [0.5, 0.6) is 5.75 Å². The van der Waals surface area contributed by atoms with Crippen molar-refractivity contribution in [3.63, 3.8) is 0 Å². The van der Waals surface area contributed by atoms with Gasteiger partial charge in [0, 0.05) is 17.9 Å². The number of ether oxygens (including phenoxy) is 1. The molecule has 0 radical (unpaired) electrons. The molecular formula is C14H17NO2S. The van der Waals surface area contributed by atoms with Crippen LogP contribution in [0, 0.1) is 0 Å². The van der Waals surface area contributed by atoms with Crippen molar-refractivity contribution in [2.24, 2.45) is 5.73 Å². The molecule has 0 saturated carbocycles. The summed E-state index contributed by atoms with van der Waals surface area (Å²) < 4.78 is 10.5. The number of methoxy groups -OCH3 is 1. The third-order valence-electron chi connectivity index (χ3n) is 2.66. The first-order chi connectivity index (χ1) is 8.83. The number of hydrogen-bond acceptors (Lipinski definition) is 4. The van der Waals surface area contributed by atoms with Gasteiger partial charge in [-0.05, 0) is 29.8 Å². The predicted molar refractivity (Wildman–Crippen MR) is 74.6 cm³/mol. The zero-order chi connectivity index (χ0) is 12.8. The van der Waals surface area contributed by atoms with E-state index in [-0.39, 0.29) is 0 Å². The summed E-state index contributed by atoms with van der Waals surface area (Å²) in [4.78, 5) is 0. The molecule has 0 aliphatic carbocycles. The monoisotopic (exact) mass is 263 g/mol. The van der Waals surface area contributed by atoms with Crippen molar-refractivity contribution in [3.8, 4) is 5.75 Å². The van der Waals surface area contributed by atoms with Gasteiger partial charge in [-0.2, -0.15) is 0 Å². The predicted octanol–water partition coefficient (Wildman–Crippen LogP) is 3.18. The Morgan fingerprint density at radius 3 is 2.83 bits per heavy atom. The van der Waals surface area contributed by atoms with E-state index in [2.05, 4.69) is 12.1 Å². The number of benzene rings is 1. The molecule has 0 bridgehead atoms. The van der Waals surface area contributed by atoms with Crippen LogP contribution in [0.1, 0.15) is 16.9 Å². The number of hydrogen-bond donors (Lipinski definition) is 1. The maximum Gasteiger partial charge on any atom is 0.123 e. The molecule has 2 aromatic rings. The molecule has 96 valence electrons. The normalized spacial score (nSPS) is 10.6. The summed E-state index contributed by atoms with van der Waals surface area (Å²) in [6.45, 7) is 0.500. The zero-order valence-corrected chi connectivity index (χ0v) is 11.2. The molecule has 0 fully saturated rings. The Hall–Kier alpha value is -1.39. The molecule has 3 nitrogen and oxygen atoms in total. The quantitative estimate of drug-likeness (QED) is 0.869. The molecule has 2 rings (SSSR count). The molecule has 4 heteroatoms. The van der Waals surface area contributed by atoms with E-state index in [0.29, 0.717) is 6.54 Å². The van der Waals surface area contributed by atoms with E-state index >= 15 is 0 Å². The first-order valence-corrected chi connectivity index (χ1v) is 6.95. The third kappa shape index (κ3) is 3.31. The number of thioether (sulfide) groups is 1. The van der Waals surface area contributed by atoms with Gasteiger partial charge < -0.3 is 14.9 Å². The van der Waals surface area contributed by atoms with Crippen molar-refractivity contribution in [2.75, 3.05) is 7.11 Å². The van der Waals surface area contributed by atoms with E-state index in [9.17, 15) is 0 Å². The minimum absolute atomic E-state index is 0.500. The van der Waals surface area contributed by atoms with Gasteiger partial charge in [0.05, 0.1) is 19.1 Å². The summed E-state index contributed by atoms with van der Waals surface area (Å²) in [5.41, 5.74) is 8.01. The standard InChI is InChI=1S/C14H17NO2S/c1-16-14-5-4-11(7-12(14)8-15)9-18-10-13-3-2-6-17-13/h2-7H,8-10,15H2,1H3. The van der Waals surface area contributed by atoms with Crippen molar-refractivity contribution < 1.29 is 9.15 Å². The molecule has 1 heterocycles. The van der Waals surface area contributed by atoms with Gasteiger partial charge >= 0.3 is 0 Å². The van der Waals surface area contributed by atoms with Crippen molar-refractivity contribution >= 4 is 11.8 Å². The van der Waals surface area contributed by atoms with Crippen molar-refractivity contribution in [3.05, 3.63) is 53.5 Å². The average Bonchev–Trinajstić information content (AvgIpc) is 2.91. The molecule has 1 aromatic heterocycles. The Bertz CT molecular complexity index is 483. The van der Waals surface area contributed by atoms with Crippen molar-refractivity contribution in [2.45, 2.75) is 18.1 Å². The van der Waals surface area contributed by atoms with Crippen LogP contribution in [0.2, 0.25) is 0 Å². The fourth-order valence-corrected chi connectivity index (χ4v) is 2.63. The lowest BCUT2D eigenvalue weighted by atomic mass is 10.1. The van der Waals surface area contributed by atoms with Gasteiger partial charge in [0.1, 0.15) is 11.5 Å². The van der Waals surface area contributed by atoms with Crippen LogP contribution in [-0.4, -0.2) is 7.11 Å². The fourth-order valence-electron chi connectivity index (χ4n) is 1.75. The summed E-state index contributed by atoms with van der Waals surface area (Å²) >= 11 is 1.82. The van der Waals surface area contributed by atoms with Gasteiger partial charge in [-0.25, -0.2) is 0 Å². The van der Waals surface area contributed by atoms with E-state index in [1.165, 1.54) is 5.56 Å². The molecule has 0 aliphatic rings. The largest absolute Gasteiger partial charge is 0.496 e. The third-order valence-corrected chi connectivity index (χ3v) is 3.68. The molecule has 0 aliphatic heterocycles. The Labute approximate surface area is 111 Å². The Morgan fingerprint density at radius 1 is 1.28 bits per heavy atom. The highest BCUT2D eigenvalue weighted by atomic mass is 32.2. The number of rotatable bonds is 6. The molecule has 0 saturated heterocycles. The van der Waals surface area contributed by atoms with E-state index in [1.54, 1.807) is 13.4 Å². The molecule has 18 heavy (non-hydrogen) atoms. The molecule has 2 N–H and O–H groups in total. The molecule has 1 aromatic carbocycles. The van der Waals surface area contributed by atoms with E-state index in [4.69, 9.17) is 14.9 Å². The summed E-state index contributed by atoms with van der Waals surface area (Å²) in [7, 11) is 1.67. The van der Waals surface area contributed by atoms with E-state index in [0.717, 1.165) is 28.6 Å². The van der Waals surface area contributed by atoms with Crippen LogP contribution in [0.15, 0.2) is 41.0 Å². The lowest BCUT2D eigenvalue weighted by Crippen LogP contribution is -2.00. The highest BCUT2D eigenvalue weighted by Gasteiger charge is 2.03. The molecule has 0 unspecified atom stereocenters. The van der Waals surface area contributed by atoms with Crippen LogP contribution < -0.4 is 10.5 Å². The summed E-state index contributed by atoms with van der Waals surface area (Å²) in [5.74, 6) is 3.69. The smallest absolute Gasteiger partial charge is 0.123 e. The van der Waals surface area contributed by atoms with Gasteiger partial charge in [-0.3, -0.25) is 0 Å². The van der Waals surface area contributed by atoms with Gasteiger partial charge in [0.15, 0.2) is 0 Å². The van der Waals surface area contributed by atoms with Crippen LogP contribution in [0.25, 0.3) is 0 Å². The first-order valence-electron chi connectivity index (χ1n) is 5.79. The van der Waals surface area contributed by atoms with Gasteiger partial charge in [0.2, 0.25) is 0 Å². The highest BCUT2D eigenvalue weighted by Crippen LogP contribution is 2.23. The minimum Gasteiger partial charge on any atom is -0.496 e. The maximum absolute atomic E-state index is 5.70. The summed E-state index contributed by atoms with van der Waals surface area (Å²) in [6, 6.07) is 10.1. The minimum atomic E-state index is 0.500. The Kier molecular flexibility index (Phi) is 4.73. The molecular weight excluding hydrogens is 246 g/mol. The van der Waals surface area contributed by atoms with Crippen LogP contribution in [0.4, 0.5) is 0 Å². The Morgan fingerprint density at radius 2 is 2.17 bits per heavy atom. The van der Waals surface area contributed by atoms with Crippen LogP contribution in [0.3, 0.4) is 0 Å². The zero-order valence-electron chi connectivity index (χ0n) is 10.4. The van der Waals surface area contributed by atoms with E-state index < -0.39 is 0 Å². The van der Waals surface area contributed by atoms with Gasteiger partial charge in [0.25, 0.3) is 0 Å². The SMILES string of the molecule is COc1ccc(CSCc2ccco2)cc1CN. The lowest BCUT2D eigenvalue weighted by molar-refractivity contribution is 0.409. The highest BCUT2D eigenvalue weighted by molar-refractivity contribution is 7.97. The van der Waals surface area contributed by atoms with Gasteiger partial charge in [-0.1, -0.05) is 6.07 Å². The summed E-state index contributed by atoms with van der Waals surface area (Å²) in [5, 5.41) is 0. The second-order valence-electron chi connectivity index (χ2n) is 3.92. The average molecular weight is 263 g/mol. The first kappa shape index (κ1) is 13.1. The second-order valence-corrected chi connectivity index (χ2v) is 4.91. The van der Waals surface area contributed by atoms with Crippen LogP contribution >= 0.6 is 11.8 Å². The Balaban J connectivity index is 1.93. The van der Waals surface area contributed by atoms with Gasteiger partial charge in [-0.15, -0.1) is 11.8 Å². The number of nitrogens with two attached hydrogens (primary N) is 1. The van der Waals surface area contributed by atoms with Crippen molar-refractivity contribution in [1.82, 2.24) is 0 Å². The van der Waals surface area contributed by atoms with E-state index in [1.807, 2.05) is 30.0 Å². The molecule has 0 spiro atoms. The second kappa shape index (κ2) is 6.52. The topological polar surface area (TPSA) is 48.4 Å². The van der Waals surface area contributed by atoms with Crippen LogP contribution in [-0.2, 0) is 18.1 Å². The van der Waals surface area contributed by atoms with Crippen molar-refractivity contribution in [1.29, 1.82) is 0 Å². The maximum atomic E-state index is 5.70. The molecule has 0 atom stereocenters. The summed E-state index contributed by atoms with van der Waals surface area (Å²) in [6.07, 6.45) is 1.70. The fraction of sp³-hybridized carbons (Fsp3) is 0.286.